The average molecular weight is 396 g/mol. The summed E-state index contributed by atoms with van der Waals surface area (Å²) in [5.41, 5.74) is 1.63. The summed E-state index contributed by atoms with van der Waals surface area (Å²) in [5, 5.41) is 13.2. The quantitative estimate of drug-likeness (QED) is 0.424. The van der Waals surface area contributed by atoms with Crippen molar-refractivity contribution in [2.75, 3.05) is 7.11 Å². The molecule has 1 aromatic heterocycles. The molecule has 1 amide bonds. The number of amides is 1. The number of carbonyl (C=O) groups excluding carboxylic acids is 1. The van der Waals surface area contributed by atoms with Gasteiger partial charge in [0.25, 0.3) is 11.6 Å². The molecule has 3 aromatic rings. The fourth-order valence-electron chi connectivity index (χ4n) is 2.95. The van der Waals surface area contributed by atoms with Crippen LogP contribution in [0.15, 0.2) is 60.0 Å². The molecule has 0 aliphatic carbocycles. The van der Waals surface area contributed by atoms with E-state index in [2.05, 4.69) is 0 Å². The molecule has 1 heterocycles. The van der Waals surface area contributed by atoms with Gasteiger partial charge in [0, 0.05) is 27.6 Å². The summed E-state index contributed by atoms with van der Waals surface area (Å²) in [6.45, 7) is 2.41. The second-order valence-electron chi connectivity index (χ2n) is 6.31. The summed E-state index contributed by atoms with van der Waals surface area (Å²) in [6.07, 6.45) is 0. The summed E-state index contributed by atoms with van der Waals surface area (Å²) in [6, 6.07) is 16.0. The molecule has 0 aliphatic heterocycles. The average Bonchev–Trinajstić information content (AvgIpc) is 3.20. The molecule has 2 aromatic carbocycles. The van der Waals surface area contributed by atoms with Crippen molar-refractivity contribution in [3.05, 3.63) is 91.7 Å². The number of hydrogen-bond donors (Lipinski definition) is 0. The number of benzene rings is 2. The maximum absolute atomic E-state index is 13.2. The normalized spacial score (nSPS) is 10.5. The van der Waals surface area contributed by atoms with Gasteiger partial charge in [0.1, 0.15) is 5.75 Å². The van der Waals surface area contributed by atoms with E-state index < -0.39 is 4.92 Å². The molecule has 0 radical (unpaired) electrons. The Labute approximate surface area is 167 Å². The van der Waals surface area contributed by atoms with Gasteiger partial charge in [-0.15, -0.1) is 11.3 Å². The van der Waals surface area contributed by atoms with E-state index in [9.17, 15) is 14.9 Å². The van der Waals surface area contributed by atoms with E-state index in [0.29, 0.717) is 30.0 Å². The van der Waals surface area contributed by atoms with Gasteiger partial charge in [0.15, 0.2) is 0 Å². The van der Waals surface area contributed by atoms with Crippen molar-refractivity contribution in [1.29, 1.82) is 0 Å². The zero-order valence-corrected chi connectivity index (χ0v) is 16.4. The van der Waals surface area contributed by atoms with Gasteiger partial charge in [-0.1, -0.05) is 30.3 Å². The Balaban J connectivity index is 1.95. The van der Waals surface area contributed by atoms with E-state index in [-0.39, 0.29) is 11.6 Å². The Hall–Kier alpha value is -3.19. The number of para-hydroxylation sites is 1. The van der Waals surface area contributed by atoms with Crippen molar-refractivity contribution >= 4 is 22.9 Å². The zero-order valence-electron chi connectivity index (χ0n) is 15.6. The first-order valence-corrected chi connectivity index (χ1v) is 9.56. The third kappa shape index (κ3) is 4.37. The highest BCUT2D eigenvalue weighted by molar-refractivity contribution is 7.09. The minimum atomic E-state index is -0.462. The highest BCUT2D eigenvalue weighted by atomic mass is 32.1. The number of nitro groups is 1. The number of nitro benzene ring substituents is 1. The minimum absolute atomic E-state index is 0.0563. The van der Waals surface area contributed by atoms with Crippen LogP contribution in [0.1, 0.15) is 26.4 Å². The monoisotopic (exact) mass is 396 g/mol. The molecule has 0 bridgehead atoms. The smallest absolute Gasteiger partial charge is 0.273 e. The summed E-state index contributed by atoms with van der Waals surface area (Å²) >= 11 is 1.56. The molecular formula is C21H20N2O4S. The third-order valence-corrected chi connectivity index (χ3v) is 5.28. The topological polar surface area (TPSA) is 72.7 Å². The molecule has 0 unspecified atom stereocenters. The predicted molar refractivity (Wildman–Crippen MR) is 109 cm³/mol. The van der Waals surface area contributed by atoms with Crippen LogP contribution < -0.4 is 4.74 Å². The van der Waals surface area contributed by atoms with Crippen molar-refractivity contribution in [3.63, 3.8) is 0 Å². The number of hydrogen-bond acceptors (Lipinski definition) is 5. The Morgan fingerprint density at radius 1 is 1.14 bits per heavy atom. The lowest BCUT2D eigenvalue weighted by atomic mass is 10.1. The number of carbonyl (C=O) groups is 1. The molecule has 3 rings (SSSR count). The van der Waals surface area contributed by atoms with Gasteiger partial charge in [-0.05, 0) is 30.5 Å². The fraction of sp³-hybridized carbons (Fsp3) is 0.190. The van der Waals surface area contributed by atoms with Crippen LogP contribution in [-0.2, 0) is 13.1 Å². The minimum Gasteiger partial charge on any atom is -0.496 e. The second kappa shape index (κ2) is 8.67. The number of ether oxygens (including phenoxy) is 1. The molecule has 28 heavy (non-hydrogen) atoms. The van der Waals surface area contributed by atoms with Crippen molar-refractivity contribution in [1.82, 2.24) is 4.90 Å². The lowest BCUT2D eigenvalue weighted by Gasteiger charge is -2.23. The van der Waals surface area contributed by atoms with E-state index in [4.69, 9.17) is 4.74 Å². The molecule has 0 aliphatic rings. The zero-order chi connectivity index (χ0) is 20.1. The van der Waals surface area contributed by atoms with Crippen LogP contribution in [0.3, 0.4) is 0 Å². The lowest BCUT2D eigenvalue weighted by molar-refractivity contribution is -0.385. The molecule has 0 spiro atoms. The Morgan fingerprint density at radius 3 is 2.61 bits per heavy atom. The van der Waals surface area contributed by atoms with Gasteiger partial charge in [0.2, 0.25) is 0 Å². The molecule has 0 saturated heterocycles. The van der Waals surface area contributed by atoms with Crippen molar-refractivity contribution < 1.29 is 14.5 Å². The van der Waals surface area contributed by atoms with Gasteiger partial charge < -0.3 is 9.64 Å². The first-order valence-electron chi connectivity index (χ1n) is 8.68. The van der Waals surface area contributed by atoms with E-state index >= 15 is 0 Å². The molecule has 144 valence electrons. The number of methoxy groups -OCH3 is 1. The van der Waals surface area contributed by atoms with Gasteiger partial charge in [-0.3, -0.25) is 14.9 Å². The van der Waals surface area contributed by atoms with Crippen LogP contribution in [0.2, 0.25) is 0 Å². The van der Waals surface area contributed by atoms with Gasteiger partial charge >= 0.3 is 0 Å². The fourth-order valence-corrected chi connectivity index (χ4v) is 3.67. The van der Waals surface area contributed by atoms with Crippen LogP contribution in [-0.4, -0.2) is 22.8 Å². The van der Waals surface area contributed by atoms with Gasteiger partial charge in [-0.25, -0.2) is 0 Å². The van der Waals surface area contributed by atoms with E-state index in [1.54, 1.807) is 42.4 Å². The summed E-state index contributed by atoms with van der Waals surface area (Å²) in [5.74, 6) is 0.434. The number of aryl methyl sites for hydroxylation is 1. The maximum Gasteiger partial charge on any atom is 0.273 e. The first-order chi connectivity index (χ1) is 13.5. The van der Waals surface area contributed by atoms with Crippen molar-refractivity contribution in [3.8, 4) is 5.75 Å². The third-order valence-electron chi connectivity index (χ3n) is 4.42. The van der Waals surface area contributed by atoms with Crippen LogP contribution in [0, 0.1) is 17.0 Å². The maximum atomic E-state index is 13.2. The molecule has 0 N–H and O–H groups in total. The van der Waals surface area contributed by atoms with E-state index in [1.165, 1.54) is 6.07 Å². The highest BCUT2D eigenvalue weighted by Gasteiger charge is 2.21. The van der Waals surface area contributed by atoms with Crippen molar-refractivity contribution in [2.24, 2.45) is 0 Å². The Kier molecular flexibility index (Phi) is 6.06. The van der Waals surface area contributed by atoms with Crippen molar-refractivity contribution in [2.45, 2.75) is 20.0 Å². The number of thiophene rings is 1. The summed E-state index contributed by atoms with van der Waals surface area (Å²) < 4.78 is 5.41. The summed E-state index contributed by atoms with van der Waals surface area (Å²) in [7, 11) is 1.59. The van der Waals surface area contributed by atoms with E-state index in [1.807, 2.05) is 41.8 Å². The van der Waals surface area contributed by atoms with Crippen LogP contribution >= 0.6 is 11.3 Å². The molecule has 6 nitrogen and oxygen atoms in total. The van der Waals surface area contributed by atoms with Gasteiger partial charge in [-0.2, -0.15) is 0 Å². The molecule has 7 heteroatoms. The Bertz CT molecular complexity index is 986. The first kappa shape index (κ1) is 19.6. The number of nitrogens with zero attached hydrogens (tertiary/aromatic N) is 2. The second-order valence-corrected chi connectivity index (χ2v) is 7.34. The summed E-state index contributed by atoms with van der Waals surface area (Å²) in [4.78, 5) is 26.7. The molecule has 0 saturated carbocycles. The SMILES string of the molecule is COc1ccccc1CN(Cc1cccs1)C(=O)c1ccc(C)c([N+](=O)[O-])c1. The van der Waals surface area contributed by atoms with E-state index in [0.717, 1.165) is 10.4 Å². The standard InChI is InChI=1S/C21H20N2O4S/c1-15-9-10-16(12-19(15)23(25)26)21(24)22(14-18-7-5-11-28-18)13-17-6-3-4-8-20(17)27-2/h3-12H,13-14H2,1-2H3. The van der Waals surface area contributed by atoms with Crippen LogP contribution in [0.25, 0.3) is 0 Å². The predicted octanol–water partition coefficient (Wildman–Crippen LogP) is 4.82. The van der Waals surface area contributed by atoms with Crippen LogP contribution in [0.4, 0.5) is 5.69 Å². The lowest BCUT2D eigenvalue weighted by Crippen LogP contribution is -2.30. The molecule has 0 atom stereocenters. The largest absolute Gasteiger partial charge is 0.496 e. The number of rotatable bonds is 7. The molecule has 0 fully saturated rings. The van der Waals surface area contributed by atoms with Gasteiger partial charge in [0.05, 0.1) is 25.1 Å². The Morgan fingerprint density at radius 2 is 1.93 bits per heavy atom. The van der Waals surface area contributed by atoms with Crippen LogP contribution in [0.5, 0.6) is 5.75 Å². The highest BCUT2D eigenvalue weighted by Crippen LogP contribution is 2.25. The molecular weight excluding hydrogens is 376 g/mol.